The molecule has 2 aromatic rings. The van der Waals surface area contributed by atoms with Gasteiger partial charge < -0.3 is 4.74 Å². The van der Waals surface area contributed by atoms with Crippen LogP contribution < -0.4 is 4.74 Å². The summed E-state index contributed by atoms with van der Waals surface area (Å²) in [5.41, 5.74) is 3.80. The Balaban J connectivity index is 2.41. The van der Waals surface area contributed by atoms with E-state index in [2.05, 4.69) is 91.7 Å². The van der Waals surface area contributed by atoms with Gasteiger partial charge >= 0.3 is 0 Å². The summed E-state index contributed by atoms with van der Waals surface area (Å²) in [5, 5.41) is 0. The molecule has 1 nitrogen and oxygen atoms in total. The minimum Gasteiger partial charge on any atom is -0.496 e. The Hall–Kier alpha value is -0.0700. The fourth-order valence-corrected chi connectivity index (χ4v) is 4.21. The molecule has 0 spiro atoms. The number of halogens is 3. The molecule has 1 unspecified atom stereocenters. The second-order valence-electron chi connectivity index (χ2n) is 4.23. The van der Waals surface area contributed by atoms with E-state index >= 15 is 0 Å². The van der Waals surface area contributed by atoms with Crippen LogP contribution in [-0.2, 0) is 0 Å². The van der Waals surface area contributed by atoms with Gasteiger partial charge in [-0.2, -0.15) is 0 Å². The van der Waals surface area contributed by atoms with Gasteiger partial charge in [0.05, 0.1) is 16.4 Å². The van der Waals surface area contributed by atoms with E-state index in [0.717, 1.165) is 10.2 Å². The molecule has 0 N–H and O–H groups in total. The van der Waals surface area contributed by atoms with Crippen molar-refractivity contribution in [3.05, 3.63) is 61.1 Å². The quantitative estimate of drug-likeness (QED) is 0.383. The summed E-state index contributed by atoms with van der Waals surface area (Å²) in [6, 6.07) is 12.6. The van der Waals surface area contributed by atoms with E-state index in [9.17, 15) is 0 Å². The molecule has 0 heterocycles. The molecule has 4 heteroatoms. The van der Waals surface area contributed by atoms with Crippen LogP contribution in [0.3, 0.4) is 0 Å². The van der Waals surface area contributed by atoms with E-state index in [1.54, 1.807) is 7.11 Å². The fraction of sp³-hybridized carbons (Fsp3) is 0.200. The van der Waals surface area contributed by atoms with Gasteiger partial charge in [-0.15, -0.1) is 0 Å². The van der Waals surface area contributed by atoms with E-state index in [4.69, 9.17) is 4.74 Å². The zero-order valence-electron chi connectivity index (χ0n) is 10.6. The van der Waals surface area contributed by atoms with E-state index in [-0.39, 0.29) is 4.83 Å². The molecule has 0 bridgehead atoms. The number of aryl methyl sites for hydroxylation is 1. The van der Waals surface area contributed by atoms with Crippen LogP contribution in [0.4, 0.5) is 0 Å². The van der Waals surface area contributed by atoms with Crippen LogP contribution in [-0.4, -0.2) is 7.11 Å². The highest BCUT2D eigenvalue weighted by Crippen LogP contribution is 2.37. The first kappa shape index (κ1) is 15.3. The molecule has 0 aromatic heterocycles. The Bertz CT molecular complexity index is 599. The van der Waals surface area contributed by atoms with Gasteiger partial charge in [-0.05, 0) is 74.3 Å². The van der Waals surface area contributed by atoms with Crippen molar-refractivity contribution in [2.45, 2.75) is 11.8 Å². The zero-order valence-corrected chi connectivity index (χ0v) is 15.9. The van der Waals surface area contributed by atoms with Gasteiger partial charge in [0.1, 0.15) is 5.75 Å². The molecular formula is C15H13Br2IO. The summed E-state index contributed by atoms with van der Waals surface area (Å²) in [7, 11) is 1.68. The van der Waals surface area contributed by atoms with Crippen LogP contribution in [0, 0.1) is 10.5 Å². The zero-order chi connectivity index (χ0) is 14.0. The second kappa shape index (κ2) is 6.59. The molecule has 0 saturated heterocycles. The average Bonchev–Trinajstić information content (AvgIpc) is 2.41. The fourth-order valence-electron chi connectivity index (χ4n) is 1.89. The number of methoxy groups -OCH3 is 1. The number of rotatable bonds is 3. The lowest BCUT2D eigenvalue weighted by atomic mass is 10.0. The lowest BCUT2D eigenvalue weighted by Crippen LogP contribution is -1.98. The maximum Gasteiger partial charge on any atom is 0.133 e. The SMILES string of the molecule is COc1ccc(C(Br)c2cccc(C)c2I)cc1Br. The smallest absolute Gasteiger partial charge is 0.133 e. The maximum atomic E-state index is 5.26. The predicted molar refractivity (Wildman–Crippen MR) is 95.4 cm³/mol. The topological polar surface area (TPSA) is 9.23 Å². The maximum absolute atomic E-state index is 5.26. The minimum atomic E-state index is 0.182. The Morgan fingerprint density at radius 1 is 1.21 bits per heavy atom. The molecule has 0 aliphatic rings. The van der Waals surface area contributed by atoms with Crippen molar-refractivity contribution < 1.29 is 4.74 Å². The number of hydrogen-bond donors (Lipinski definition) is 0. The number of ether oxygens (including phenoxy) is 1. The van der Waals surface area contributed by atoms with Gasteiger partial charge in [-0.25, -0.2) is 0 Å². The van der Waals surface area contributed by atoms with Crippen LogP contribution in [0.5, 0.6) is 5.75 Å². The van der Waals surface area contributed by atoms with Crippen molar-refractivity contribution in [3.8, 4) is 5.75 Å². The second-order valence-corrected chi connectivity index (χ2v) is 7.08. The van der Waals surface area contributed by atoms with Crippen molar-refractivity contribution in [2.24, 2.45) is 0 Å². The van der Waals surface area contributed by atoms with E-state index in [1.807, 2.05) is 6.07 Å². The molecule has 2 rings (SSSR count). The summed E-state index contributed by atoms with van der Waals surface area (Å²) in [4.78, 5) is 0.182. The molecule has 0 amide bonds. The highest BCUT2D eigenvalue weighted by molar-refractivity contribution is 14.1. The first-order valence-electron chi connectivity index (χ1n) is 5.77. The van der Waals surface area contributed by atoms with Gasteiger partial charge in [0.15, 0.2) is 0 Å². The lowest BCUT2D eigenvalue weighted by molar-refractivity contribution is 0.412. The monoisotopic (exact) mass is 494 g/mol. The van der Waals surface area contributed by atoms with Crippen LogP contribution in [0.25, 0.3) is 0 Å². The Kier molecular flexibility index (Phi) is 5.31. The number of benzene rings is 2. The third-order valence-corrected chi connectivity index (χ3v) is 6.08. The molecular weight excluding hydrogens is 483 g/mol. The Morgan fingerprint density at radius 2 is 1.95 bits per heavy atom. The third-order valence-electron chi connectivity index (χ3n) is 2.96. The van der Waals surface area contributed by atoms with Crippen molar-refractivity contribution in [2.75, 3.05) is 7.11 Å². The first-order chi connectivity index (χ1) is 9.04. The third kappa shape index (κ3) is 3.34. The number of hydrogen-bond acceptors (Lipinski definition) is 1. The van der Waals surface area contributed by atoms with Gasteiger partial charge in [0, 0.05) is 3.57 Å². The normalized spacial score (nSPS) is 12.3. The molecule has 0 saturated carbocycles. The first-order valence-corrected chi connectivity index (χ1v) is 8.56. The highest BCUT2D eigenvalue weighted by Gasteiger charge is 2.15. The molecule has 0 aliphatic heterocycles. The van der Waals surface area contributed by atoms with Crippen LogP contribution in [0.15, 0.2) is 40.9 Å². The summed E-state index contributed by atoms with van der Waals surface area (Å²) < 4.78 is 7.54. The largest absolute Gasteiger partial charge is 0.496 e. The van der Waals surface area contributed by atoms with Gasteiger partial charge in [-0.3, -0.25) is 0 Å². The molecule has 19 heavy (non-hydrogen) atoms. The molecule has 0 aliphatic carbocycles. The van der Waals surface area contributed by atoms with Crippen molar-refractivity contribution >= 4 is 54.5 Å². The van der Waals surface area contributed by atoms with E-state index in [1.165, 1.54) is 20.3 Å². The molecule has 100 valence electrons. The molecule has 0 fully saturated rings. The predicted octanol–water partition coefficient (Wildman–Crippen LogP) is 5.86. The van der Waals surface area contributed by atoms with Crippen LogP contribution in [0.2, 0.25) is 0 Å². The molecule has 0 radical (unpaired) electrons. The average molecular weight is 496 g/mol. The molecule has 1 atom stereocenters. The number of alkyl halides is 1. The summed E-state index contributed by atoms with van der Waals surface area (Å²) in [6.07, 6.45) is 0. The van der Waals surface area contributed by atoms with Crippen LogP contribution in [0.1, 0.15) is 21.5 Å². The Labute approximate surface area is 144 Å². The minimum absolute atomic E-state index is 0.182. The highest BCUT2D eigenvalue weighted by atomic mass is 127. The van der Waals surface area contributed by atoms with Crippen molar-refractivity contribution in [3.63, 3.8) is 0 Å². The summed E-state index contributed by atoms with van der Waals surface area (Å²) in [5.74, 6) is 0.849. The van der Waals surface area contributed by atoms with Crippen molar-refractivity contribution in [1.29, 1.82) is 0 Å². The molecule has 2 aromatic carbocycles. The Morgan fingerprint density at radius 3 is 2.58 bits per heavy atom. The van der Waals surface area contributed by atoms with Gasteiger partial charge in [0.2, 0.25) is 0 Å². The van der Waals surface area contributed by atoms with E-state index < -0.39 is 0 Å². The van der Waals surface area contributed by atoms with Crippen LogP contribution >= 0.6 is 54.5 Å². The van der Waals surface area contributed by atoms with E-state index in [0.29, 0.717) is 0 Å². The summed E-state index contributed by atoms with van der Waals surface area (Å²) >= 11 is 9.73. The summed E-state index contributed by atoms with van der Waals surface area (Å²) in [6.45, 7) is 2.13. The van der Waals surface area contributed by atoms with Gasteiger partial charge in [-0.1, -0.05) is 40.2 Å². The van der Waals surface area contributed by atoms with Crippen molar-refractivity contribution in [1.82, 2.24) is 0 Å². The standard InChI is InChI=1S/C15H13Br2IO/c1-9-4-3-5-11(15(9)18)14(17)10-6-7-13(19-2)12(16)8-10/h3-8,14H,1-2H3. The lowest BCUT2D eigenvalue weighted by Gasteiger charge is -2.15. The van der Waals surface area contributed by atoms with Gasteiger partial charge in [0.25, 0.3) is 0 Å².